The number of nitrogens with two attached hydrogens (primary N) is 1. The molecule has 1 aliphatic carbocycles. The third kappa shape index (κ3) is 2.66. The maximum absolute atomic E-state index is 13.0. The van der Waals surface area contributed by atoms with E-state index in [4.69, 9.17) is 5.73 Å². The van der Waals surface area contributed by atoms with Gasteiger partial charge in [0.2, 0.25) is 0 Å². The van der Waals surface area contributed by atoms with E-state index >= 15 is 0 Å². The van der Waals surface area contributed by atoms with Crippen LogP contribution < -0.4 is 5.73 Å². The number of carboxylic acids is 1. The fraction of sp³-hybridized carbons (Fsp3) is 0.333. The number of benzene rings is 1. The lowest BCUT2D eigenvalue weighted by atomic mass is 9.98. The van der Waals surface area contributed by atoms with Crippen LogP contribution in [-0.4, -0.2) is 42.5 Å². The van der Waals surface area contributed by atoms with E-state index in [0.717, 1.165) is 22.3 Å². The molecule has 3 N–H and O–H groups in total. The summed E-state index contributed by atoms with van der Waals surface area (Å²) in [6.45, 7) is 4.66. The molecule has 1 saturated carbocycles. The average Bonchev–Trinajstić information content (AvgIpc) is 3.38. The Labute approximate surface area is 167 Å². The molecular weight excluding hydrogens is 370 g/mol. The number of anilines is 1. The fourth-order valence-electron chi connectivity index (χ4n) is 4.31. The van der Waals surface area contributed by atoms with Gasteiger partial charge in [-0.2, -0.15) is 0 Å². The number of aromatic nitrogens is 3. The van der Waals surface area contributed by atoms with Gasteiger partial charge in [-0.25, -0.2) is 14.3 Å². The van der Waals surface area contributed by atoms with Crippen molar-refractivity contribution in [1.82, 2.24) is 19.5 Å². The number of rotatable bonds is 4. The number of hydrogen-bond acceptors (Lipinski definition) is 5. The fourth-order valence-corrected chi connectivity index (χ4v) is 4.31. The first-order valence-electron chi connectivity index (χ1n) is 9.68. The van der Waals surface area contributed by atoms with E-state index in [2.05, 4.69) is 17.0 Å². The Hall–Kier alpha value is -3.42. The van der Waals surface area contributed by atoms with Crippen molar-refractivity contribution in [1.29, 1.82) is 0 Å². The second-order valence-electron chi connectivity index (χ2n) is 7.98. The molecule has 0 unspecified atom stereocenters. The van der Waals surface area contributed by atoms with Crippen molar-refractivity contribution in [3.8, 4) is 11.3 Å². The predicted octanol–water partition coefficient (Wildman–Crippen LogP) is 2.74. The van der Waals surface area contributed by atoms with Crippen LogP contribution in [0.4, 0.5) is 5.82 Å². The smallest absolute Gasteiger partial charge is 0.343 e. The van der Waals surface area contributed by atoms with Crippen LogP contribution in [0.15, 0.2) is 24.4 Å². The second-order valence-corrected chi connectivity index (χ2v) is 7.98. The summed E-state index contributed by atoms with van der Waals surface area (Å²) in [7, 11) is 0. The summed E-state index contributed by atoms with van der Waals surface area (Å²) >= 11 is 0. The van der Waals surface area contributed by atoms with E-state index in [1.54, 1.807) is 12.3 Å². The molecular formula is C21H21N5O3. The number of carboxylic acid groups (broad SMARTS) is 1. The van der Waals surface area contributed by atoms with Crippen LogP contribution in [0.25, 0.3) is 16.9 Å². The predicted molar refractivity (Wildman–Crippen MR) is 107 cm³/mol. The summed E-state index contributed by atoms with van der Waals surface area (Å²) < 4.78 is 1.37. The largest absolute Gasteiger partial charge is 0.477 e. The first-order chi connectivity index (χ1) is 13.8. The Morgan fingerprint density at radius 3 is 2.79 bits per heavy atom. The van der Waals surface area contributed by atoms with Gasteiger partial charge in [-0.15, -0.1) is 5.10 Å². The molecule has 148 valence electrons. The zero-order valence-corrected chi connectivity index (χ0v) is 16.2. The number of aromatic carboxylic acids is 1. The highest BCUT2D eigenvalue weighted by molar-refractivity contribution is 6.01. The minimum absolute atomic E-state index is 0.0671. The Morgan fingerprint density at radius 2 is 2.10 bits per heavy atom. The Bertz CT molecular complexity index is 1190. The Balaban J connectivity index is 1.58. The summed E-state index contributed by atoms with van der Waals surface area (Å²) in [5.74, 6) is -0.521. The summed E-state index contributed by atoms with van der Waals surface area (Å²) in [6.07, 6.45) is 4.03. The molecule has 0 saturated heterocycles. The van der Waals surface area contributed by atoms with Gasteiger partial charge in [0.25, 0.3) is 5.91 Å². The molecule has 0 radical (unpaired) electrons. The lowest BCUT2D eigenvalue weighted by molar-refractivity contribution is 0.0689. The normalized spacial score (nSPS) is 17.0. The first kappa shape index (κ1) is 17.7. The first-order valence-corrected chi connectivity index (χ1v) is 9.68. The minimum Gasteiger partial charge on any atom is -0.477 e. The molecule has 1 amide bonds. The van der Waals surface area contributed by atoms with Gasteiger partial charge in [-0.3, -0.25) is 4.79 Å². The Morgan fingerprint density at radius 1 is 1.34 bits per heavy atom. The van der Waals surface area contributed by atoms with Crippen molar-refractivity contribution < 1.29 is 14.7 Å². The number of carbonyl (C=O) groups excluding carboxylic acids is 1. The number of aryl methyl sites for hydroxylation is 1. The van der Waals surface area contributed by atoms with Crippen LogP contribution in [0.1, 0.15) is 51.6 Å². The number of hydrogen-bond donors (Lipinski definition) is 2. The van der Waals surface area contributed by atoms with E-state index in [9.17, 15) is 14.7 Å². The highest BCUT2D eigenvalue weighted by atomic mass is 16.4. The monoisotopic (exact) mass is 391 g/mol. The number of nitrogen functional groups attached to an aromatic ring is 1. The highest BCUT2D eigenvalue weighted by Gasteiger charge is 2.39. The van der Waals surface area contributed by atoms with Crippen LogP contribution in [0.2, 0.25) is 0 Å². The van der Waals surface area contributed by atoms with Crippen molar-refractivity contribution in [3.63, 3.8) is 0 Å². The molecule has 3 aromatic rings. The van der Waals surface area contributed by atoms with Crippen LogP contribution in [0, 0.1) is 12.8 Å². The lowest BCUT2D eigenvalue weighted by Crippen LogP contribution is -2.34. The third-order valence-corrected chi connectivity index (χ3v) is 6.05. The minimum atomic E-state index is -1.16. The maximum Gasteiger partial charge on any atom is 0.343 e. The van der Waals surface area contributed by atoms with Gasteiger partial charge in [-0.05, 0) is 61.9 Å². The molecule has 1 aliphatic heterocycles. The molecule has 1 aromatic carbocycles. The molecule has 29 heavy (non-hydrogen) atoms. The van der Waals surface area contributed by atoms with Gasteiger partial charge in [0.1, 0.15) is 5.56 Å². The van der Waals surface area contributed by atoms with E-state index in [0.29, 0.717) is 18.2 Å². The summed E-state index contributed by atoms with van der Waals surface area (Å²) in [5, 5.41) is 13.4. The molecule has 2 aliphatic rings. The molecule has 0 spiro atoms. The van der Waals surface area contributed by atoms with Gasteiger partial charge < -0.3 is 15.7 Å². The van der Waals surface area contributed by atoms with E-state index in [1.807, 2.05) is 24.0 Å². The molecule has 8 heteroatoms. The number of amides is 1. The van der Waals surface area contributed by atoms with Gasteiger partial charge in [0, 0.05) is 29.9 Å². The van der Waals surface area contributed by atoms with Gasteiger partial charge >= 0.3 is 5.97 Å². The third-order valence-electron chi connectivity index (χ3n) is 6.05. The standard InChI is InChI=1S/C21H21N5O3/c1-10-7-13(8-14-9-25(20(27)16(10)14)11(2)12-3-4-12)15-5-6-26-19(23-15)17(21(28)29)18(22)24-26/h5-8,11-12H,3-4,9H2,1-2H3,(H2,22,24)(H,28,29)/t11-/m0/s1. The van der Waals surface area contributed by atoms with Crippen LogP contribution >= 0.6 is 0 Å². The van der Waals surface area contributed by atoms with E-state index < -0.39 is 5.97 Å². The molecule has 1 fully saturated rings. The number of fused-ring (bicyclic) bond motifs is 2. The Kier molecular flexibility index (Phi) is 3.68. The molecule has 3 heterocycles. The molecule has 0 bridgehead atoms. The number of carbonyl (C=O) groups is 2. The summed E-state index contributed by atoms with van der Waals surface area (Å²) in [6, 6.07) is 5.94. The zero-order chi connectivity index (χ0) is 20.4. The maximum atomic E-state index is 13.0. The average molecular weight is 391 g/mol. The van der Waals surface area contributed by atoms with Crippen molar-refractivity contribution in [2.75, 3.05) is 5.73 Å². The molecule has 1 atom stereocenters. The van der Waals surface area contributed by atoms with E-state index in [-0.39, 0.29) is 29.0 Å². The second kappa shape index (κ2) is 6.04. The molecule has 5 rings (SSSR count). The van der Waals surface area contributed by atoms with Crippen molar-refractivity contribution in [2.45, 2.75) is 39.3 Å². The molecule has 8 nitrogen and oxygen atoms in total. The lowest BCUT2D eigenvalue weighted by Gasteiger charge is -2.24. The SMILES string of the molecule is Cc1cc(-c2ccn3nc(N)c(C(=O)O)c3n2)cc2c1C(=O)N([C@@H](C)C1CC1)C2. The number of nitrogens with zero attached hydrogens (tertiary/aromatic N) is 4. The van der Waals surface area contributed by atoms with Crippen LogP contribution in [0.3, 0.4) is 0 Å². The van der Waals surface area contributed by atoms with Crippen LogP contribution in [0.5, 0.6) is 0 Å². The van der Waals surface area contributed by atoms with Crippen molar-refractivity contribution in [3.05, 3.63) is 46.6 Å². The zero-order valence-electron chi connectivity index (χ0n) is 16.2. The van der Waals surface area contributed by atoms with Gasteiger partial charge in [-0.1, -0.05) is 0 Å². The quantitative estimate of drug-likeness (QED) is 0.707. The topological polar surface area (TPSA) is 114 Å². The van der Waals surface area contributed by atoms with Crippen molar-refractivity contribution in [2.24, 2.45) is 5.92 Å². The summed E-state index contributed by atoms with van der Waals surface area (Å²) in [4.78, 5) is 31.0. The summed E-state index contributed by atoms with van der Waals surface area (Å²) in [5.41, 5.74) is 9.96. The van der Waals surface area contributed by atoms with Gasteiger partial charge in [0.15, 0.2) is 11.5 Å². The highest BCUT2D eigenvalue weighted by Crippen LogP contribution is 2.39. The van der Waals surface area contributed by atoms with Crippen LogP contribution in [-0.2, 0) is 6.54 Å². The van der Waals surface area contributed by atoms with Crippen molar-refractivity contribution >= 4 is 23.3 Å². The van der Waals surface area contributed by atoms with Gasteiger partial charge in [0.05, 0.1) is 5.69 Å². The molecule has 2 aromatic heterocycles. The van der Waals surface area contributed by atoms with E-state index in [1.165, 1.54) is 17.4 Å².